The lowest BCUT2D eigenvalue weighted by Gasteiger charge is -2.14. The van der Waals surface area contributed by atoms with E-state index in [1.165, 1.54) is 69.4 Å². The van der Waals surface area contributed by atoms with E-state index in [4.69, 9.17) is 4.74 Å². The van der Waals surface area contributed by atoms with Gasteiger partial charge >= 0.3 is 0 Å². The molecule has 0 amide bonds. The second kappa shape index (κ2) is 8.20. The number of para-hydroxylation sites is 1. The van der Waals surface area contributed by atoms with Gasteiger partial charge in [0.25, 0.3) is 0 Å². The van der Waals surface area contributed by atoms with E-state index in [9.17, 15) is 0 Å². The van der Waals surface area contributed by atoms with Gasteiger partial charge in [-0.15, -0.1) is 11.3 Å². The number of rotatable bonds is 3. The maximum Gasteiger partial charge on any atom is 0.118 e. The zero-order valence-corrected chi connectivity index (χ0v) is 21.6. The number of ether oxygens (including phenoxy) is 1. The van der Waals surface area contributed by atoms with Crippen molar-refractivity contribution in [2.75, 3.05) is 7.11 Å². The first-order valence-electron chi connectivity index (χ1n) is 12.8. The van der Waals surface area contributed by atoms with E-state index in [1.54, 1.807) is 7.11 Å². The van der Waals surface area contributed by atoms with Gasteiger partial charge in [0.2, 0.25) is 0 Å². The largest absolute Gasteiger partial charge is 0.497 e. The molecule has 0 saturated carbocycles. The number of methoxy groups -OCH3 is 1. The van der Waals surface area contributed by atoms with Gasteiger partial charge in [-0.3, -0.25) is 0 Å². The Morgan fingerprint density at radius 2 is 1.42 bits per heavy atom. The maximum absolute atomic E-state index is 5.44. The molecule has 8 rings (SSSR count). The molecule has 0 unspecified atom stereocenters. The van der Waals surface area contributed by atoms with E-state index in [1.807, 2.05) is 23.5 Å². The molecule has 0 saturated heterocycles. The molecule has 2 aromatic heterocycles. The summed E-state index contributed by atoms with van der Waals surface area (Å²) in [6.07, 6.45) is 2.18. The number of thiophene rings is 1. The molecule has 0 fully saturated rings. The summed E-state index contributed by atoms with van der Waals surface area (Å²) in [6, 6.07) is 41.7. The maximum atomic E-state index is 5.44. The molecule has 3 heteroatoms. The third-order valence-corrected chi connectivity index (χ3v) is 8.91. The minimum atomic E-state index is 0.870. The van der Waals surface area contributed by atoms with E-state index in [0.29, 0.717) is 0 Å². The summed E-state index contributed by atoms with van der Waals surface area (Å²) in [7, 11) is 1.71. The Balaban J connectivity index is 1.53. The van der Waals surface area contributed by atoms with Crippen LogP contribution >= 0.6 is 11.3 Å². The zero-order chi connectivity index (χ0) is 25.2. The molecule has 0 N–H and O–H groups in total. The number of hydrogen-bond donors (Lipinski definition) is 0. The van der Waals surface area contributed by atoms with Crippen LogP contribution in [0, 0.1) is 0 Å². The first kappa shape index (κ1) is 21.5. The molecule has 2 heterocycles. The number of nitrogens with zero attached hydrogens (tertiary/aromatic N) is 1. The second-order valence-electron chi connectivity index (χ2n) is 9.77. The van der Waals surface area contributed by atoms with Crippen LogP contribution in [-0.4, -0.2) is 11.7 Å². The van der Waals surface area contributed by atoms with Crippen molar-refractivity contribution in [1.82, 2.24) is 4.57 Å². The molecule has 0 aliphatic carbocycles. The van der Waals surface area contributed by atoms with Gasteiger partial charge in [-0.2, -0.15) is 0 Å². The van der Waals surface area contributed by atoms with Crippen LogP contribution in [0.5, 0.6) is 5.75 Å². The lowest BCUT2D eigenvalue weighted by Crippen LogP contribution is -1.91. The fourth-order valence-electron chi connectivity index (χ4n) is 5.87. The van der Waals surface area contributed by atoms with Crippen molar-refractivity contribution in [3.05, 3.63) is 121 Å². The Hall–Kier alpha value is -4.60. The molecule has 0 atom stereocenters. The highest BCUT2D eigenvalue weighted by Gasteiger charge is 2.16. The molecule has 2 nitrogen and oxygen atoms in total. The van der Waals surface area contributed by atoms with Gasteiger partial charge in [0.15, 0.2) is 0 Å². The Bertz CT molecular complexity index is 2150. The number of fused-ring (bicyclic) bond motifs is 8. The summed E-state index contributed by atoms with van der Waals surface area (Å²) in [5.74, 6) is 0.870. The van der Waals surface area contributed by atoms with Crippen LogP contribution < -0.4 is 4.74 Å². The quantitative estimate of drug-likeness (QED) is 0.218. The summed E-state index contributed by atoms with van der Waals surface area (Å²) < 4.78 is 10.4. The van der Waals surface area contributed by atoms with Crippen molar-refractivity contribution in [2.45, 2.75) is 0 Å². The normalized spacial score (nSPS) is 11.8. The lowest BCUT2D eigenvalue weighted by molar-refractivity contribution is 0.415. The lowest BCUT2D eigenvalue weighted by atomic mass is 9.91. The topological polar surface area (TPSA) is 14.2 Å². The third-order valence-electron chi connectivity index (χ3n) is 7.70. The van der Waals surface area contributed by atoms with Crippen molar-refractivity contribution < 1.29 is 4.74 Å². The Morgan fingerprint density at radius 3 is 2.26 bits per heavy atom. The van der Waals surface area contributed by atoms with Crippen LogP contribution in [0.1, 0.15) is 0 Å². The summed E-state index contributed by atoms with van der Waals surface area (Å²) in [4.78, 5) is 0. The van der Waals surface area contributed by atoms with Gasteiger partial charge in [-0.1, -0.05) is 60.7 Å². The number of aromatic nitrogens is 1. The Morgan fingerprint density at radius 1 is 0.632 bits per heavy atom. The summed E-state index contributed by atoms with van der Waals surface area (Å²) in [5, 5.41) is 9.04. The number of hydrogen-bond acceptors (Lipinski definition) is 2. The smallest absolute Gasteiger partial charge is 0.118 e. The molecule has 0 radical (unpaired) electrons. The van der Waals surface area contributed by atoms with Crippen LogP contribution in [0.3, 0.4) is 0 Å². The van der Waals surface area contributed by atoms with Gasteiger partial charge in [0.1, 0.15) is 5.75 Å². The molecule has 38 heavy (non-hydrogen) atoms. The zero-order valence-electron chi connectivity index (χ0n) is 20.8. The van der Waals surface area contributed by atoms with Crippen LogP contribution in [0.4, 0.5) is 0 Å². The van der Waals surface area contributed by atoms with Crippen molar-refractivity contribution in [1.29, 1.82) is 0 Å². The van der Waals surface area contributed by atoms with E-state index >= 15 is 0 Å². The second-order valence-corrected chi connectivity index (χ2v) is 10.8. The van der Waals surface area contributed by atoms with Crippen LogP contribution in [0.15, 0.2) is 121 Å². The van der Waals surface area contributed by atoms with Crippen LogP contribution in [0.25, 0.3) is 69.4 Å². The third kappa shape index (κ3) is 3.12. The summed E-state index contributed by atoms with van der Waals surface area (Å²) in [5.41, 5.74) is 4.84. The molecule has 6 aromatic carbocycles. The van der Waals surface area contributed by atoms with Crippen molar-refractivity contribution in [2.24, 2.45) is 0 Å². The van der Waals surface area contributed by atoms with Crippen molar-refractivity contribution >= 4 is 64.0 Å². The summed E-state index contributed by atoms with van der Waals surface area (Å²) >= 11 is 1.90. The van der Waals surface area contributed by atoms with Crippen molar-refractivity contribution in [3.8, 4) is 22.6 Å². The molecular weight excluding hydrogens is 482 g/mol. The average molecular weight is 506 g/mol. The fourth-order valence-corrected chi connectivity index (χ4v) is 7.14. The van der Waals surface area contributed by atoms with Gasteiger partial charge in [0.05, 0.1) is 12.6 Å². The van der Waals surface area contributed by atoms with Gasteiger partial charge < -0.3 is 9.30 Å². The minimum absolute atomic E-state index is 0.870. The number of benzene rings is 6. The Kier molecular flexibility index (Phi) is 4.64. The minimum Gasteiger partial charge on any atom is -0.497 e. The standard InChI is InChI=1S/C35H23NOS/c1-37-26-13-11-22(12-14-26)30-20-24-19-23-17-18-36(25-7-3-2-4-8-25)32(23)21-31(24)34-28(30)15-16-29-27-9-5-6-10-33(27)38-35(29)34/h2-21H,1H3. The molecule has 0 aliphatic heterocycles. The Labute approximate surface area is 223 Å². The molecule has 8 aromatic rings. The monoisotopic (exact) mass is 505 g/mol. The average Bonchev–Trinajstić information content (AvgIpc) is 3.57. The molecule has 0 spiro atoms. The first-order valence-corrected chi connectivity index (χ1v) is 13.6. The van der Waals surface area contributed by atoms with Gasteiger partial charge in [0, 0.05) is 42.8 Å². The van der Waals surface area contributed by atoms with E-state index in [0.717, 1.165) is 5.75 Å². The van der Waals surface area contributed by atoms with Gasteiger partial charge in [-0.25, -0.2) is 0 Å². The van der Waals surface area contributed by atoms with E-state index in [2.05, 4.69) is 114 Å². The predicted molar refractivity (Wildman–Crippen MR) is 163 cm³/mol. The van der Waals surface area contributed by atoms with Crippen LogP contribution in [0.2, 0.25) is 0 Å². The SMILES string of the molecule is COc1ccc(-c2cc3cc4ccn(-c5ccccc5)c4cc3c3c2ccc2c4ccccc4sc23)cc1. The molecule has 180 valence electrons. The fraction of sp³-hybridized carbons (Fsp3) is 0.0286. The van der Waals surface area contributed by atoms with E-state index in [-0.39, 0.29) is 0 Å². The molecule has 0 aliphatic rings. The highest BCUT2D eigenvalue weighted by Crippen LogP contribution is 2.45. The van der Waals surface area contributed by atoms with Crippen molar-refractivity contribution in [3.63, 3.8) is 0 Å². The molecular formula is C35H23NOS. The highest BCUT2D eigenvalue weighted by atomic mass is 32.1. The van der Waals surface area contributed by atoms with E-state index < -0.39 is 0 Å². The summed E-state index contributed by atoms with van der Waals surface area (Å²) in [6.45, 7) is 0. The highest BCUT2D eigenvalue weighted by molar-refractivity contribution is 7.26. The van der Waals surface area contributed by atoms with Gasteiger partial charge in [-0.05, 0) is 81.9 Å². The first-order chi connectivity index (χ1) is 18.8. The predicted octanol–water partition coefficient (Wildman–Crippen LogP) is 9.98. The molecule has 0 bridgehead atoms. The van der Waals surface area contributed by atoms with Crippen LogP contribution in [-0.2, 0) is 0 Å².